The molecule has 0 aliphatic heterocycles. The first-order valence-corrected chi connectivity index (χ1v) is 7.57. The molecule has 0 spiro atoms. The number of hydrogen-bond donors (Lipinski definition) is 1. The molecule has 2 rings (SSSR count). The van der Waals surface area contributed by atoms with Crippen molar-refractivity contribution < 1.29 is 14.3 Å². The Balaban J connectivity index is 2.50. The van der Waals surface area contributed by atoms with Crippen molar-refractivity contribution >= 4 is 17.7 Å². The molecular weight excluding hydrogens is 293 g/mol. The molecule has 1 aromatic carbocycles. The van der Waals surface area contributed by atoms with Crippen molar-refractivity contribution in [3.05, 3.63) is 35.4 Å². The summed E-state index contributed by atoms with van der Waals surface area (Å²) in [6.45, 7) is 3.70. The highest BCUT2D eigenvalue weighted by Crippen LogP contribution is 2.25. The van der Waals surface area contributed by atoms with Crippen LogP contribution in [0, 0.1) is 12.7 Å². The van der Waals surface area contributed by atoms with E-state index in [4.69, 9.17) is 5.11 Å². The number of carboxylic acids is 1. The molecule has 5 nitrogen and oxygen atoms in total. The molecule has 1 heterocycles. The molecule has 0 atom stereocenters. The van der Waals surface area contributed by atoms with E-state index < -0.39 is 5.97 Å². The zero-order chi connectivity index (χ0) is 15.4. The summed E-state index contributed by atoms with van der Waals surface area (Å²) in [6.07, 6.45) is 1.56. The van der Waals surface area contributed by atoms with Gasteiger partial charge in [-0.3, -0.25) is 9.36 Å². The molecule has 0 aliphatic carbocycles. The Bertz CT molecular complexity index is 658. The van der Waals surface area contributed by atoms with Crippen LogP contribution in [0.15, 0.2) is 23.4 Å². The first-order valence-electron chi connectivity index (χ1n) is 6.59. The maximum atomic E-state index is 13.8. The lowest BCUT2D eigenvalue weighted by atomic mass is 10.2. The van der Waals surface area contributed by atoms with Crippen LogP contribution in [-0.2, 0) is 11.2 Å². The summed E-state index contributed by atoms with van der Waals surface area (Å²) < 4.78 is 15.5. The number of halogens is 1. The minimum atomic E-state index is -0.928. The lowest BCUT2D eigenvalue weighted by Gasteiger charge is -2.12. The number of aromatic nitrogens is 3. The van der Waals surface area contributed by atoms with Crippen molar-refractivity contribution in [1.29, 1.82) is 0 Å². The second-order valence-electron chi connectivity index (χ2n) is 4.55. The van der Waals surface area contributed by atoms with Gasteiger partial charge in [-0.15, -0.1) is 10.2 Å². The fourth-order valence-electron chi connectivity index (χ4n) is 1.99. The monoisotopic (exact) mass is 309 g/mol. The fraction of sp³-hybridized carbons (Fsp3) is 0.357. The average Bonchev–Trinajstić information content (AvgIpc) is 2.83. The summed E-state index contributed by atoms with van der Waals surface area (Å²) >= 11 is 1.08. The number of aryl methyl sites for hydroxylation is 1. The van der Waals surface area contributed by atoms with Gasteiger partial charge < -0.3 is 5.11 Å². The van der Waals surface area contributed by atoms with E-state index in [-0.39, 0.29) is 11.6 Å². The summed E-state index contributed by atoms with van der Waals surface area (Å²) in [5.41, 5.74) is 1.14. The quantitative estimate of drug-likeness (QED) is 0.831. The van der Waals surface area contributed by atoms with E-state index in [0.717, 1.165) is 18.2 Å². The van der Waals surface area contributed by atoms with Crippen molar-refractivity contribution in [2.45, 2.75) is 31.8 Å². The van der Waals surface area contributed by atoms with Gasteiger partial charge in [-0.2, -0.15) is 0 Å². The summed E-state index contributed by atoms with van der Waals surface area (Å²) in [6, 6.07) is 4.80. The van der Waals surface area contributed by atoms with Gasteiger partial charge >= 0.3 is 5.97 Å². The second-order valence-corrected chi connectivity index (χ2v) is 5.49. The highest BCUT2D eigenvalue weighted by atomic mass is 32.2. The van der Waals surface area contributed by atoms with E-state index in [1.54, 1.807) is 23.6 Å². The van der Waals surface area contributed by atoms with Crippen molar-refractivity contribution in [1.82, 2.24) is 14.8 Å². The summed E-state index contributed by atoms with van der Waals surface area (Å²) in [7, 11) is 0. The topological polar surface area (TPSA) is 68.0 Å². The number of rotatable bonds is 6. The Labute approximate surface area is 126 Å². The van der Waals surface area contributed by atoms with Crippen molar-refractivity contribution in [2.24, 2.45) is 0 Å². The molecule has 1 aromatic heterocycles. The Kier molecular flexibility index (Phi) is 4.95. The first kappa shape index (κ1) is 15.5. The molecule has 1 N–H and O–H groups in total. The van der Waals surface area contributed by atoms with E-state index >= 15 is 0 Å². The zero-order valence-corrected chi connectivity index (χ0v) is 12.7. The Hall–Kier alpha value is -1.89. The van der Waals surface area contributed by atoms with Crippen molar-refractivity contribution in [3.63, 3.8) is 0 Å². The molecule has 21 heavy (non-hydrogen) atoms. The Morgan fingerprint density at radius 2 is 2.19 bits per heavy atom. The third-order valence-electron chi connectivity index (χ3n) is 2.98. The van der Waals surface area contributed by atoms with Crippen molar-refractivity contribution in [3.8, 4) is 5.69 Å². The molecule has 0 unspecified atom stereocenters. The van der Waals surface area contributed by atoms with E-state index in [0.29, 0.717) is 28.7 Å². The number of carbonyl (C=O) groups is 1. The van der Waals surface area contributed by atoms with Gasteiger partial charge in [-0.25, -0.2) is 4.39 Å². The zero-order valence-electron chi connectivity index (χ0n) is 11.8. The summed E-state index contributed by atoms with van der Waals surface area (Å²) in [5, 5.41) is 17.4. The molecule has 2 aromatic rings. The molecule has 112 valence electrons. The molecule has 7 heteroatoms. The van der Waals surface area contributed by atoms with Crippen LogP contribution in [-0.4, -0.2) is 31.6 Å². The fourth-order valence-corrected chi connectivity index (χ4v) is 2.67. The number of aliphatic carboxylic acids is 1. The number of benzene rings is 1. The number of thioether (sulfide) groups is 1. The molecule has 0 saturated carbocycles. The molecule has 0 radical (unpaired) electrons. The molecule has 0 aliphatic rings. The van der Waals surface area contributed by atoms with Crippen LogP contribution in [0.25, 0.3) is 5.69 Å². The van der Waals surface area contributed by atoms with Crippen molar-refractivity contribution in [2.75, 3.05) is 5.75 Å². The first-order chi connectivity index (χ1) is 10.0. The molecule has 0 amide bonds. The summed E-state index contributed by atoms with van der Waals surface area (Å²) in [4.78, 5) is 10.7. The van der Waals surface area contributed by atoms with Crippen LogP contribution < -0.4 is 0 Å². The van der Waals surface area contributed by atoms with Crippen LogP contribution in [0.2, 0.25) is 0 Å². The molecular formula is C14H16FN3O2S. The largest absolute Gasteiger partial charge is 0.481 e. The van der Waals surface area contributed by atoms with Gasteiger partial charge in [0.1, 0.15) is 11.6 Å². The van der Waals surface area contributed by atoms with Gasteiger partial charge in [0.25, 0.3) is 0 Å². The maximum absolute atomic E-state index is 13.8. The smallest absolute Gasteiger partial charge is 0.313 e. The van der Waals surface area contributed by atoms with Gasteiger partial charge in [0.15, 0.2) is 5.16 Å². The SMILES string of the molecule is CCCc1nnc(SCC(=O)O)n1-c1cccc(F)c1C. The van der Waals surface area contributed by atoms with E-state index in [1.165, 1.54) is 6.07 Å². The van der Waals surface area contributed by atoms with Gasteiger partial charge in [-0.1, -0.05) is 24.8 Å². The average molecular weight is 309 g/mol. The Morgan fingerprint density at radius 3 is 2.86 bits per heavy atom. The minimum Gasteiger partial charge on any atom is -0.481 e. The van der Waals surface area contributed by atoms with Crippen LogP contribution in [0.1, 0.15) is 24.7 Å². The van der Waals surface area contributed by atoms with Gasteiger partial charge in [-0.05, 0) is 25.5 Å². The lowest BCUT2D eigenvalue weighted by Crippen LogP contribution is -2.07. The predicted molar refractivity (Wildman–Crippen MR) is 78.4 cm³/mol. The van der Waals surface area contributed by atoms with Crippen LogP contribution in [0.4, 0.5) is 4.39 Å². The van der Waals surface area contributed by atoms with Crippen LogP contribution in [0.3, 0.4) is 0 Å². The van der Waals surface area contributed by atoms with Gasteiger partial charge in [0.2, 0.25) is 0 Å². The minimum absolute atomic E-state index is 0.112. The van der Waals surface area contributed by atoms with Gasteiger partial charge in [0, 0.05) is 12.0 Å². The third kappa shape index (κ3) is 3.41. The highest BCUT2D eigenvalue weighted by Gasteiger charge is 2.17. The molecule has 0 fully saturated rings. The van der Waals surface area contributed by atoms with E-state index in [1.807, 2.05) is 6.92 Å². The van der Waals surface area contributed by atoms with E-state index in [2.05, 4.69) is 10.2 Å². The number of hydrogen-bond acceptors (Lipinski definition) is 4. The highest BCUT2D eigenvalue weighted by molar-refractivity contribution is 7.99. The number of nitrogens with zero attached hydrogens (tertiary/aromatic N) is 3. The lowest BCUT2D eigenvalue weighted by molar-refractivity contribution is -0.133. The third-order valence-corrected chi connectivity index (χ3v) is 3.89. The summed E-state index contributed by atoms with van der Waals surface area (Å²) in [5.74, 6) is -0.641. The van der Waals surface area contributed by atoms with Gasteiger partial charge in [0.05, 0.1) is 11.4 Å². The predicted octanol–water partition coefficient (Wildman–Crippen LogP) is 2.84. The Morgan fingerprint density at radius 1 is 1.43 bits per heavy atom. The standard InChI is InChI=1S/C14H16FN3O2S/c1-3-5-12-16-17-14(21-8-13(19)20)18(12)11-7-4-6-10(15)9(11)2/h4,6-7H,3,5,8H2,1-2H3,(H,19,20). The molecule has 0 bridgehead atoms. The van der Waals surface area contributed by atoms with Crippen LogP contribution in [0.5, 0.6) is 0 Å². The second kappa shape index (κ2) is 6.71. The maximum Gasteiger partial charge on any atom is 0.313 e. The van der Waals surface area contributed by atoms with E-state index in [9.17, 15) is 9.18 Å². The number of carboxylic acid groups (broad SMARTS) is 1. The normalized spacial score (nSPS) is 10.8. The molecule has 0 saturated heterocycles. The van der Waals surface area contributed by atoms with Crippen LogP contribution >= 0.6 is 11.8 Å².